The number of nitrogens with zero attached hydrogens (tertiary/aromatic N) is 16. The van der Waals surface area contributed by atoms with Crippen molar-refractivity contribution in [3.63, 3.8) is 0 Å². The molecule has 3 aliphatic heterocycles. The topological polar surface area (TPSA) is 181 Å². The minimum absolute atomic E-state index is 0.201. The summed E-state index contributed by atoms with van der Waals surface area (Å²) in [5, 5.41) is 11.4. The molecule has 14 heterocycles. The lowest BCUT2D eigenvalue weighted by Gasteiger charge is -2.03. The number of allylic oxidation sites excluding steroid dienone is 7. The molecule has 0 radical (unpaired) electrons. The average Bonchev–Trinajstić information content (AvgIpc) is 1.67. The fraction of sp³-hybridized carbons (Fsp3) is 0.176. The van der Waals surface area contributed by atoms with Crippen LogP contribution >= 0.6 is 11.3 Å². The van der Waals surface area contributed by atoms with E-state index in [1.54, 1.807) is 30.4 Å². The molecular formula is C125H113FN16S. The Labute approximate surface area is 839 Å². The third-order valence-electron chi connectivity index (χ3n) is 26.2. The lowest BCUT2D eigenvalue weighted by atomic mass is 10.1. The molecule has 11 aromatic heterocycles. The Morgan fingerprint density at radius 2 is 0.657 bits per heavy atom. The quantitative estimate of drug-likeness (QED) is 0.0565. The molecule has 0 saturated heterocycles. The van der Waals surface area contributed by atoms with E-state index in [1.807, 2.05) is 115 Å². The minimum atomic E-state index is -0.201. The highest BCUT2D eigenvalue weighted by Gasteiger charge is 2.20. The van der Waals surface area contributed by atoms with Gasteiger partial charge in [-0.25, -0.2) is 19.3 Å². The first kappa shape index (κ1) is 95.5. The predicted molar refractivity (Wildman–Crippen MR) is 588 cm³/mol. The van der Waals surface area contributed by atoms with Gasteiger partial charge in [-0.05, 0) is 210 Å². The SMILES string of the molecule is C1=C(c2ccncc2)N=C(CCc2ccc3ccccc3n2)C1.C1=C(c2ccsc2)N=C(CCc2ccc3ccccc3n2)C1.C1=CCC(C2=CCC(CCc3ccc4ccccc4n3)=N2)=C1.Cc1cccc(-c2cn(C)c(CCc3ccc4ccccc4n3)n2)c1.Cc1cccc(-c2cn(C)c(CCc3ccc4ccccc4n3)n2)c1F.Cc1ccccc1-c1cn(C)c(CCc2ccc3ccccc3n2)n1. The van der Waals surface area contributed by atoms with E-state index < -0.39 is 0 Å². The molecular weight excluding hydrogens is 1780 g/mol. The molecule has 16 nitrogen and oxygen atoms in total. The zero-order valence-electron chi connectivity index (χ0n) is 81.6. The number of para-hydroxylation sites is 6. The largest absolute Gasteiger partial charge is 0.337 e. The van der Waals surface area contributed by atoms with Gasteiger partial charge in [0.05, 0.1) is 67.3 Å². The van der Waals surface area contributed by atoms with Crippen LogP contribution in [0.1, 0.15) is 124 Å². The maximum absolute atomic E-state index is 14.4. The van der Waals surface area contributed by atoms with Gasteiger partial charge in [0.15, 0.2) is 0 Å². The molecule has 24 rings (SSSR count). The number of aryl methyl sites for hydroxylation is 15. The lowest BCUT2D eigenvalue weighted by molar-refractivity contribution is 0.621. The van der Waals surface area contributed by atoms with Crippen LogP contribution in [0.3, 0.4) is 0 Å². The predicted octanol–water partition coefficient (Wildman–Crippen LogP) is 28.7. The minimum Gasteiger partial charge on any atom is -0.337 e. The number of imidazole rings is 3. The summed E-state index contributed by atoms with van der Waals surface area (Å²) in [6.07, 6.45) is 37.7. The molecule has 0 atom stereocenters. The number of pyridine rings is 7. The maximum Gasteiger partial charge on any atom is 0.135 e. The van der Waals surface area contributed by atoms with Gasteiger partial charge in [0.2, 0.25) is 0 Å². The van der Waals surface area contributed by atoms with Crippen LogP contribution in [-0.2, 0) is 78.9 Å². The van der Waals surface area contributed by atoms with Crippen molar-refractivity contribution < 1.29 is 4.39 Å². The van der Waals surface area contributed by atoms with Crippen molar-refractivity contribution in [1.29, 1.82) is 0 Å². The third kappa shape index (κ3) is 24.9. The summed E-state index contributed by atoms with van der Waals surface area (Å²) in [5.74, 6) is 2.91. The Kier molecular flexibility index (Phi) is 30.8. The van der Waals surface area contributed by atoms with Crippen molar-refractivity contribution in [1.82, 2.24) is 63.5 Å². The number of thiophene rings is 1. The summed E-state index contributed by atoms with van der Waals surface area (Å²) in [7, 11) is 6.08. The molecule has 0 saturated carbocycles. The summed E-state index contributed by atoms with van der Waals surface area (Å²) in [4.78, 5) is 61.1. The van der Waals surface area contributed by atoms with Crippen LogP contribution in [0.15, 0.2) is 408 Å². The van der Waals surface area contributed by atoms with Crippen molar-refractivity contribution in [2.24, 2.45) is 36.1 Å². The number of aliphatic imine (C=N–C) groups is 3. The third-order valence-corrected chi connectivity index (χ3v) is 26.9. The number of halogens is 1. The highest BCUT2D eigenvalue weighted by molar-refractivity contribution is 7.08. The fourth-order valence-electron chi connectivity index (χ4n) is 18.2. The number of hydrogen-bond acceptors (Lipinski definition) is 14. The van der Waals surface area contributed by atoms with E-state index in [1.165, 1.54) is 83.2 Å². The molecule has 143 heavy (non-hydrogen) atoms. The fourth-order valence-corrected chi connectivity index (χ4v) is 18.8. The number of benzene rings is 9. The van der Waals surface area contributed by atoms with Gasteiger partial charge in [-0.15, -0.1) is 0 Å². The second-order valence-corrected chi connectivity index (χ2v) is 37.3. The van der Waals surface area contributed by atoms with E-state index in [4.69, 9.17) is 54.8 Å². The Morgan fingerprint density at radius 1 is 0.301 bits per heavy atom. The summed E-state index contributed by atoms with van der Waals surface area (Å²) in [5.41, 5.74) is 32.7. The summed E-state index contributed by atoms with van der Waals surface area (Å²) in [6.45, 7) is 6.01. The molecule has 4 aliphatic rings. The van der Waals surface area contributed by atoms with E-state index in [9.17, 15) is 4.39 Å². The van der Waals surface area contributed by atoms with E-state index in [0.29, 0.717) is 16.8 Å². The van der Waals surface area contributed by atoms with Gasteiger partial charge in [-0.2, -0.15) is 11.3 Å². The van der Waals surface area contributed by atoms with Crippen molar-refractivity contribution in [3.05, 3.63) is 478 Å². The molecule has 0 N–H and O–H groups in total. The Bertz CT molecular complexity index is 8210. The number of rotatable bonds is 24. The van der Waals surface area contributed by atoms with Crippen LogP contribution < -0.4 is 0 Å². The van der Waals surface area contributed by atoms with Gasteiger partial charge in [0, 0.05) is 207 Å². The van der Waals surface area contributed by atoms with Crippen LogP contribution in [0.25, 0.3) is 111 Å². The number of fused-ring (bicyclic) bond motifs is 6. The molecule has 9 aromatic carbocycles. The van der Waals surface area contributed by atoms with Crippen molar-refractivity contribution in [3.8, 4) is 33.8 Å². The van der Waals surface area contributed by atoms with E-state index in [2.05, 4.69) is 313 Å². The molecule has 0 amide bonds. The van der Waals surface area contributed by atoms with Gasteiger partial charge >= 0.3 is 0 Å². The van der Waals surface area contributed by atoms with E-state index >= 15 is 0 Å². The average molecular weight is 1890 g/mol. The number of hydrogen-bond donors (Lipinski definition) is 0. The van der Waals surface area contributed by atoms with Crippen LogP contribution in [0.2, 0.25) is 0 Å². The van der Waals surface area contributed by atoms with Gasteiger partial charge < -0.3 is 13.7 Å². The Hall–Kier alpha value is -16.4. The molecule has 0 unspecified atom stereocenters. The first-order valence-electron chi connectivity index (χ1n) is 49.3. The first-order valence-corrected chi connectivity index (χ1v) is 50.2. The first-order chi connectivity index (χ1) is 70.2. The summed E-state index contributed by atoms with van der Waals surface area (Å²) >= 11 is 1.72. The molecule has 706 valence electrons. The molecule has 1 aliphatic carbocycles. The van der Waals surface area contributed by atoms with E-state index in [0.717, 1.165) is 221 Å². The lowest BCUT2D eigenvalue weighted by Crippen LogP contribution is -2.01. The Morgan fingerprint density at radius 3 is 1.06 bits per heavy atom. The molecule has 20 aromatic rings. The molecule has 0 fully saturated rings. The van der Waals surface area contributed by atoms with Gasteiger partial charge in [0.1, 0.15) is 23.3 Å². The number of aromatic nitrogens is 13. The smallest absolute Gasteiger partial charge is 0.135 e. The van der Waals surface area contributed by atoms with Crippen LogP contribution in [-0.4, -0.2) is 80.7 Å². The van der Waals surface area contributed by atoms with Crippen molar-refractivity contribution >= 4 is 105 Å². The second-order valence-electron chi connectivity index (χ2n) is 36.5. The zero-order chi connectivity index (χ0) is 97.6. The summed E-state index contributed by atoms with van der Waals surface area (Å²) in [6, 6.07) is 103. The highest BCUT2D eigenvalue weighted by atomic mass is 32.1. The monoisotopic (exact) mass is 1890 g/mol. The normalized spacial score (nSPS) is 12.9. The van der Waals surface area contributed by atoms with Gasteiger partial charge in [-0.1, -0.05) is 242 Å². The van der Waals surface area contributed by atoms with Crippen LogP contribution in [0.4, 0.5) is 4.39 Å². The van der Waals surface area contributed by atoms with Crippen molar-refractivity contribution in [2.45, 2.75) is 124 Å². The van der Waals surface area contributed by atoms with Crippen LogP contribution in [0.5, 0.6) is 0 Å². The second kappa shape index (κ2) is 46.1. The van der Waals surface area contributed by atoms with Gasteiger partial charge in [0.25, 0.3) is 0 Å². The molecule has 18 heteroatoms. The van der Waals surface area contributed by atoms with Crippen LogP contribution in [0, 0.1) is 26.6 Å². The Balaban J connectivity index is 0.000000109. The molecule has 0 bridgehead atoms. The standard InChI is InChI=1S/C22H20FN3.2C22H21N3.C20H17N3.C20H18N2.C19H16N2S/c1-15-6-5-8-18(22(15)23)20-14-26(2)21(25-20)13-12-17-11-10-16-7-3-4-9-19(16)24-17;1-16-7-3-5-9-19(16)21-15-25(2)22(24-21)14-13-18-12-11-17-8-4-6-10-20(17)23-18;1-16-6-5-8-18(14-16)21-15-25(2)22(24-21)13-12-19-11-10-17-7-3-4-9-20(17)23-19;1-2-4-19-15(3-1)5-6-17(22-19)7-8-18-9-10-20(23-18)16-11-13-21-14-12-16;1-2-6-15(5-1)20-14-13-18(22-20)12-11-17-10-9-16-7-3-4-8-19(16)21-17;1-2-4-18-14(3-1)5-6-16(20-18)7-8-17-9-10-19(21-17)15-11-12-22-13-15/h3-11,14H,12-13H2,1-2H3;3-12,15H,13-14H2,1-2H3;3-11,14-15H,12-13H2,1-2H3;1-6,10-14H,7-9H2;1-5,7-10,14H,6,11-13H2;1-6,10-13H,7-9H2. The zero-order valence-corrected chi connectivity index (χ0v) is 82.4. The molecule has 0 spiro atoms. The highest BCUT2D eigenvalue weighted by Crippen LogP contribution is 2.33. The van der Waals surface area contributed by atoms with E-state index in [-0.39, 0.29) is 5.82 Å². The van der Waals surface area contributed by atoms with Gasteiger partial charge in [-0.3, -0.25) is 49.9 Å². The summed E-state index contributed by atoms with van der Waals surface area (Å²) < 4.78 is 20.6. The van der Waals surface area contributed by atoms with Crippen molar-refractivity contribution in [2.75, 3.05) is 0 Å². The maximum atomic E-state index is 14.4.